The van der Waals surface area contributed by atoms with Crippen LogP contribution in [0.25, 0.3) is 0 Å². The number of carbonyl (C=O) groups is 1. The Labute approximate surface area is 102 Å². The zero-order valence-electron chi connectivity index (χ0n) is 9.70. The lowest BCUT2D eigenvalue weighted by Gasteiger charge is -2.28. The minimum atomic E-state index is -4.35. The number of carbonyl (C=O) groups excluding carboxylic acids is 1. The maximum Gasteiger partial charge on any atom is 0.398 e. The van der Waals surface area contributed by atoms with Crippen molar-refractivity contribution in [2.24, 2.45) is 22.7 Å². The van der Waals surface area contributed by atoms with E-state index in [1.165, 1.54) is 19.1 Å². The van der Waals surface area contributed by atoms with Crippen LogP contribution in [0.2, 0.25) is 0 Å². The fraction of sp³-hybridized carbons (Fsp3) is 0.750. The summed E-state index contributed by atoms with van der Waals surface area (Å²) in [7, 11) is 0. The van der Waals surface area contributed by atoms with Crippen LogP contribution in [0, 0.1) is 22.7 Å². The average molecular weight is 262 g/mol. The van der Waals surface area contributed by atoms with Gasteiger partial charge < -0.3 is 9.84 Å². The Bertz CT molecular complexity index is 444. The molecule has 2 saturated carbocycles. The first-order valence-electron chi connectivity index (χ1n) is 5.85. The molecule has 0 radical (unpaired) electrons. The first-order chi connectivity index (χ1) is 8.31. The molecule has 0 spiro atoms. The van der Waals surface area contributed by atoms with Gasteiger partial charge in [0.15, 0.2) is 0 Å². The number of ether oxygens (including phenoxy) is 1. The van der Waals surface area contributed by atoms with Gasteiger partial charge in [0.25, 0.3) is 0 Å². The Morgan fingerprint density at radius 3 is 2.67 bits per heavy atom. The third kappa shape index (κ3) is 1.00. The molecule has 3 unspecified atom stereocenters. The standard InChI is InChI=1S/C12H13F3O3/c1-6(17)18-8-4-9-10(5-16)7(8)2-3-11(9,10)12(13,14)15/h2-3,7-9,16H,4-5H2,1H3/t7?,8-,9?,10-,11?/m1/s1. The van der Waals surface area contributed by atoms with Gasteiger partial charge in [0.1, 0.15) is 6.10 Å². The van der Waals surface area contributed by atoms with Crippen molar-refractivity contribution in [1.82, 2.24) is 0 Å². The highest BCUT2D eigenvalue weighted by atomic mass is 19.4. The minimum absolute atomic E-state index is 0.178. The SMILES string of the molecule is CC(=O)O[C@@H]1CC2C3(C(F)(F)F)C=CC1[C@]23CO. The van der Waals surface area contributed by atoms with Crippen molar-refractivity contribution in [3.8, 4) is 0 Å². The van der Waals surface area contributed by atoms with Crippen molar-refractivity contribution in [3.05, 3.63) is 12.2 Å². The van der Waals surface area contributed by atoms with Gasteiger partial charge in [0.05, 0.1) is 12.0 Å². The second kappa shape index (κ2) is 3.10. The van der Waals surface area contributed by atoms with E-state index in [9.17, 15) is 23.1 Å². The molecule has 0 heterocycles. The van der Waals surface area contributed by atoms with Crippen LogP contribution >= 0.6 is 0 Å². The quantitative estimate of drug-likeness (QED) is 0.608. The van der Waals surface area contributed by atoms with Crippen LogP contribution in [0.4, 0.5) is 13.2 Å². The average Bonchev–Trinajstić information content (AvgIpc) is 2.55. The Hall–Kier alpha value is -1.04. The molecule has 0 bridgehead atoms. The number of allylic oxidation sites excluding steroid dienone is 1. The Kier molecular flexibility index (Phi) is 2.07. The van der Waals surface area contributed by atoms with Crippen LogP contribution < -0.4 is 0 Å². The van der Waals surface area contributed by atoms with Crippen molar-refractivity contribution in [2.75, 3.05) is 6.61 Å². The summed E-state index contributed by atoms with van der Waals surface area (Å²) in [6, 6.07) is 0. The number of fused-ring (bicyclic) bond motifs is 1. The highest BCUT2D eigenvalue weighted by Gasteiger charge is 2.92. The van der Waals surface area contributed by atoms with E-state index >= 15 is 0 Å². The third-order valence-electron chi connectivity index (χ3n) is 4.94. The number of hydrogen-bond acceptors (Lipinski definition) is 3. The Morgan fingerprint density at radius 2 is 2.22 bits per heavy atom. The van der Waals surface area contributed by atoms with Crippen molar-refractivity contribution in [1.29, 1.82) is 0 Å². The van der Waals surface area contributed by atoms with E-state index in [4.69, 9.17) is 4.74 Å². The molecule has 18 heavy (non-hydrogen) atoms. The molecular formula is C12H13F3O3. The zero-order valence-corrected chi connectivity index (χ0v) is 9.70. The van der Waals surface area contributed by atoms with Crippen molar-refractivity contribution in [3.63, 3.8) is 0 Å². The molecule has 5 atom stereocenters. The molecule has 0 aromatic heterocycles. The van der Waals surface area contributed by atoms with E-state index in [0.717, 1.165) is 0 Å². The molecule has 100 valence electrons. The van der Waals surface area contributed by atoms with Crippen LogP contribution in [-0.4, -0.2) is 30.0 Å². The Balaban J connectivity index is 1.94. The zero-order chi connectivity index (χ0) is 13.3. The molecule has 0 aromatic carbocycles. The van der Waals surface area contributed by atoms with E-state index in [-0.39, 0.29) is 6.42 Å². The van der Waals surface area contributed by atoms with Gasteiger partial charge >= 0.3 is 12.1 Å². The fourth-order valence-electron chi connectivity index (χ4n) is 4.34. The van der Waals surface area contributed by atoms with E-state index in [2.05, 4.69) is 0 Å². The number of aliphatic hydroxyl groups excluding tert-OH is 1. The summed E-state index contributed by atoms with van der Waals surface area (Å²) in [5, 5.41) is 9.45. The van der Waals surface area contributed by atoms with Gasteiger partial charge in [-0.25, -0.2) is 0 Å². The second-order valence-electron chi connectivity index (χ2n) is 5.39. The summed E-state index contributed by atoms with van der Waals surface area (Å²) in [5.41, 5.74) is -3.08. The maximum atomic E-state index is 13.2. The smallest absolute Gasteiger partial charge is 0.398 e. The summed E-state index contributed by atoms with van der Waals surface area (Å²) < 4.78 is 44.6. The van der Waals surface area contributed by atoms with Gasteiger partial charge in [-0.05, 0) is 12.3 Å². The van der Waals surface area contributed by atoms with Crippen LogP contribution in [0.15, 0.2) is 12.2 Å². The van der Waals surface area contributed by atoms with Crippen LogP contribution in [-0.2, 0) is 9.53 Å². The molecule has 3 aliphatic rings. The topological polar surface area (TPSA) is 46.5 Å². The van der Waals surface area contributed by atoms with Crippen LogP contribution in [0.5, 0.6) is 0 Å². The van der Waals surface area contributed by atoms with Crippen molar-refractivity contribution >= 4 is 5.97 Å². The first kappa shape index (κ1) is 12.0. The number of aliphatic hydroxyl groups is 1. The van der Waals surface area contributed by atoms with Gasteiger partial charge in [-0.2, -0.15) is 13.2 Å². The highest BCUT2D eigenvalue weighted by molar-refractivity contribution is 5.66. The van der Waals surface area contributed by atoms with E-state index in [1.54, 1.807) is 0 Å². The molecule has 3 aliphatic carbocycles. The van der Waals surface area contributed by atoms with Gasteiger partial charge in [-0.15, -0.1) is 0 Å². The largest absolute Gasteiger partial charge is 0.462 e. The van der Waals surface area contributed by atoms with Gasteiger partial charge in [-0.1, -0.05) is 12.2 Å². The monoisotopic (exact) mass is 262 g/mol. The molecule has 1 N–H and O–H groups in total. The van der Waals surface area contributed by atoms with Crippen molar-refractivity contribution < 1.29 is 27.8 Å². The van der Waals surface area contributed by atoms with E-state index in [1.807, 2.05) is 0 Å². The predicted molar refractivity (Wildman–Crippen MR) is 54.3 cm³/mol. The molecule has 0 aliphatic heterocycles. The minimum Gasteiger partial charge on any atom is -0.462 e. The lowest BCUT2D eigenvalue weighted by atomic mass is 9.85. The number of rotatable bonds is 2. The van der Waals surface area contributed by atoms with Gasteiger partial charge in [0, 0.05) is 18.3 Å². The maximum absolute atomic E-state index is 13.2. The molecule has 0 aromatic rings. The van der Waals surface area contributed by atoms with Gasteiger partial charge in [-0.3, -0.25) is 4.79 Å². The Morgan fingerprint density at radius 1 is 1.56 bits per heavy atom. The molecule has 0 saturated heterocycles. The van der Waals surface area contributed by atoms with E-state index in [0.29, 0.717) is 0 Å². The molecule has 3 nitrogen and oxygen atoms in total. The van der Waals surface area contributed by atoms with E-state index < -0.39 is 47.5 Å². The van der Waals surface area contributed by atoms with Crippen LogP contribution in [0.3, 0.4) is 0 Å². The lowest BCUT2D eigenvalue weighted by Crippen LogP contribution is -2.36. The summed E-state index contributed by atoms with van der Waals surface area (Å²) in [5.74, 6) is -1.67. The molecule has 6 heteroatoms. The lowest BCUT2D eigenvalue weighted by molar-refractivity contribution is -0.194. The predicted octanol–water partition coefficient (Wildman–Crippen LogP) is 1.67. The molecular weight excluding hydrogens is 249 g/mol. The number of alkyl halides is 3. The number of halogens is 3. The second-order valence-corrected chi connectivity index (χ2v) is 5.39. The molecule has 0 amide bonds. The summed E-state index contributed by atoms with van der Waals surface area (Å²) in [6.07, 6.45) is -2.08. The fourth-order valence-corrected chi connectivity index (χ4v) is 4.34. The van der Waals surface area contributed by atoms with Crippen LogP contribution in [0.1, 0.15) is 13.3 Å². The molecule has 2 fully saturated rings. The summed E-state index contributed by atoms with van der Waals surface area (Å²) >= 11 is 0. The first-order valence-corrected chi connectivity index (χ1v) is 5.85. The number of esters is 1. The summed E-state index contributed by atoms with van der Waals surface area (Å²) in [4.78, 5) is 10.9. The number of hydrogen-bond donors (Lipinski definition) is 1. The normalized spacial score (nSPS) is 48.2. The highest BCUT2D eigenvalue weighted by Crippen LogP contribution is 2.86. The third-order valence-corrected chi connectivity index (χ3v) is 4.94. The molecule has 3 rings (SSSR count). The van der Waals surface area contributed by atoms with Gasteiger partial charge in [0.2, 0.25) is 0 Å². The summed E-state index contributed by atoms with van der Waals surface area (Å²) in [6.45, 7) is 0.720. The van der Waals surface area contributed by atoms with Crippen molar-refractivity contribution in [2.45, 2.75) is 25.6 Å².